The smallest absolute Gasteiger partial charge is 0.378 e. The van der Waals surface area contributed by atoms with Crippen LogP contribution in [0.2, 0.25) is 0 Å². The molecule has 1 saturated heterocycles. The summed E-state index contributed by atoms with van der Waals surface area (Å²) in [5.74, 6) is -0.424. The van der Waals surface area contributed by atoms with Crippen molar-refractivity contribution in [2.75, 3.05) is 26.2 Å². The first-order valence-electron chi connectivity index (χ1n) is 12.4. The molecule has 4 aliphatic rings. The van der Waals surface area contributed by atoms with Crippen molar-refractivity contribution in [2.24, 2.45) is 17.6 Å². The third-order valence-corrected chi connectivity index (χ3v) is 8.10. The van der Waals surface area contributed by atoms with Gasteiger partial charge in [0.15, 0.2) is 5.60 Å². The number of piperazine rings is 1. The molecule has 192 valence electrons. The topological polar surface area (TPSA) is 102 Å². The molecule has 34 heavy (non-hydrogen) atoms. The summed E-state index contributed by atoms with van der Waals surface area (Å²) in [5.41, 5.74) is 3.61. The molecule has 2 saturated carbocycles. The summed E-state index contributed by atoms with van der Waals surface area (Å²) in [6.45, 7) is 3.32. The van der Waals surface area contributed by atoms with Crippen LogP contribution in [0, 0.1) is 11.8 Å². The average molecular weight is 487 g/mol. The van der Waals surface area contributed by atoms with E-state index in [1.807, 2.05) is 4.90 Å². The summed E-state index contributed by atoms with van der Waals surface area (Å²) in [5, 5.41) is 24.0. The minimum Gasteiger partial charge on any atom is -0.378 e. The Labute approximate surface area is 198 Å². The van der Waals surface area contributed by atoms with Crippen LogP contribution in [-0.4, -0.2) is 75.8 Å². The van der Waals surface area contributed by atoms with E-state index in [1.54, 1.807) is 6.08 Å². The molecule has 3 fully saturated rings. The molecule has 3 aliphatic carbocycles. The third-order valence-electron chi connectivity index (χ3n) is 8.10. The van der Waals surface area contributed by atoms with Crippen LogP contribution in [0.15, 0.2) is 23.4 Å². The molecule has 4 atom stereocenters. The molecule has 0 aromatic rings. The normalized spacial score (nSPS) is 30.6. The zero-order valence-corrected chi connectivity index (χ0v) is 19.8. The number of carbonyl (C=O) groups is 1. The van der Waals surface area contributed by atoms with Crippen molar-refractivity contribution in [1.82, 2.24) is 15.1 Å². The molecule has 7 nitrogen and oxygen atoms in total. The van der Waals surface area contributed by atoms with Crippen LogP contribution < -0.4 is 11.1 Å². The molecule has 0 aromatic carbocycles. The monoisotopic (exact) mass is 486 g/mol. The number of nitrogens with zero attached hydrogens (tertiary/aromatic N) is 2. The number of nitrogens with two attached hydrogens (primary N) is 1. The number of hydrogen-bond donors (Lipinski definition) is 4. The van der Waals surface area contributed by atoms with Crippen molar-refractivity contribution in [3.63, 3.8) is 0 Å². The van der Waals surface area contributed by atoms with Crippen LogP contribution in [0.4, 0.5) is 13.2 Å². The number of amides is 1. The maximum atomic E-state index is 13.1. The molecule has 10 heteroatoms. The summed E-state index contributed by atoms with van der Waals surface area (Å²) in [6.07, 6.45) is 3.34. The first kappa shape index (κ1) is 25.5. The van der Waals surface area contributed by atoms with E-state index in [4.69, 9.17) is 5.73 Å². The quantitative estimate of drug-likeness (QED) is 0.430. The molecule has 1 heterocycles. The van der Waals surface area contributed by atoms with E-state index >= 15 is 0 Å². The van der Waals surface area contributed by atoms with Crippen LogP contribution in [0.1, 0.15) is 58.3 Å². The lowest BCUT2D eigenvalue weighted by molar-refractivity contribution is -0.237. The highest BCUT2D eigenvalue weighted by atomic mass is 19.4. The fourth-order valence-electron chi connectivity index (χ4n) is 5.46. The number of hydrogen-bond acceptors (Lipinski definition) is 6. The van der Waals surface area contributed by atoms with Gasteiger partial charge in [0.2, 0.25) is 5.91 Å². The Morgan fingerprint density at radius 2 is 1.79 bits per heavy atom. The van der Waals surface area contributed by atoms with Gasteiger partial charge in [-0.15, -0.1) is 0 Å². The van der Waals surface area contributed by atoms with Crippen molar-refractivity contribution in [3.8, 4) is 0 Å². The Kier molecular flexibility index (Phi) is 7.07. The fraction of sp³-hybridized carbons (Fsp3) is 0.792. The predicted octanol–water partition coefficient (Wildman–Crippen LogP) is 2.21. The maximum absolute atomic E-state index is 13.1. The number of halogens is 3. The summed E-state index contributed by atoms with van der Waals surface area (Å²) < 4.78 is 39.4. The van der Waals surface area contributed by atoms with Crippen molar-refractivity contribution in [2.45, 2.75) is 82.0 Å². The lowest BCUT2D eigenvalue weighted by atomic mass is 9.77. The van der Waals surface area contributed by atoms with Gasteiger partial charge in [-0.3, -0.25) is 9.69 Å². The van der Waals surface area contributed by atoms with Gasteiger partial charge in [-0.05, 0) is 57.1 Å². The van der Waals surface area contributed by atoms with Crippen molar-refractivity contribution < 1.29 is 28.2 Å². The second-order valence-electron chi connectivity index (χ2n) is 10.6. The van der Waals surface area contributed by atoms with Crippen molar-refractivity contribution in [3.05, 3.63) is 23.4 Å². The molecular formula is C24H37F3N4O3. The van der Waals surface area contributed by atoms with Gasteiger partial charge in [0, 0.05) is 43.7 Å². The highest BCUT2D eigenvalue weighted by Gasteiger charge is 2.52. The highest BCUT2D eigenvalue weighted by Crippen LogP contribution is 2.40. The molecule has 2 unspecified atom stereocenters. The Hall–Kier alpha value is -1.62. The van der Waals surface area contributed by atoms with E-state index in [2.05, 4.69) is 10.2 Å². The Morgan fingerprint density at radius 3 is 2.35 bits per heavy atom. The molecule has 0 bridgehead atoms. The number of allylic oxidation sites excluding steroid dienone is 3. The number of aliphatic hydroxyl groups excluding tert-OH is 1. The van der Waals surface area contributed by atoms with E-state index in [1.165, 1.54) is 6.08 Å². The van der Waals surface area contributed by atoms with Crippen LogP contribution >= 0.6 is 0 Å². The molecule has 4 rings (SSSR count). The number of carbonyl (C=O) groups excluding carboxylic acids is 1. The van der Waals surface area contributed by atoms with Gasteiger partial charge in [0.25, 0.3) is 0 Å². The van der Waals surface area contributed by atoms with E-state index in [0.717, 1.165) is 51.1 Å². The van der Waals surface area contributed by atoms with Crippen LogP contribution in [0.3, 0.4) is 0 Å². The SMILES string of the molecule is CC(O)(C1=CC=C(N2CCN(C(O)[C@@H]3CCCC[C@@H]3C(=O)NC3(N)CC3)CC2)CC1)C(F)(F)F. The summed E-state index contributed by atoms with van der Waals surface area (Å²) in [4.78, 5) is 17.0. The predicted molar refractivity (Wildman–Crippen MR) is 121 cm³/mol. The maximum Gasteiger partial charge on any atom is 0.420 e. The van der Waals surface area contributed by atoms with E-state index < -0.39 is 23.7 Å². The zero-order chi connectivity index (χ0) is 24.7. The molecule has 1 amide bonds. The molecule has 0 aromatic heterocycles. The molecule has 1 aliphatic heterocycles. The van der Waals surface area contributed by atoms with Crippen LogP contribution in [0.5, 0.6) is 0 Å². The van der Waals surface area contributed by atoms with Gasteiger partial charge in [0.1, 0.15) is 6.23 Å². The summed E-state index contributed by atoms with van der Waals surface area (Å²) in [7, 11) is 0. The van der Waals surface area contributed by atoms with Gasteiger partial charge < -0.3 is 26.2 Å². The molecule has 0 spiro atoms. The molecular weight excluding hydrogens is 449 g/mol. The van der Waals surface area contributed by atoms with Gasteiger partial charge in [-0.1, -0.05) is 18.9 Å². The van der Waals surface area contributed by atoms with Crippen molar-refractivity contribution >= 4 is 5.91 Å². The van der Waals surface area contributed by atoms with Crippen molar-refractivity contribution in [1.29, 1.82) is 0 Å². The number of rotatable bonds is 6. The summed E-state index contributed by atoms with van der Waals surface area (Å²) in [6, 6.07) is 0. The minimum absolute atomic E-state index is 0.0233. The van der Waals surface area contributed by atoms with E-state index in [-0.39, 0.29) is 29.7 Å². The third kappa shape index (κ3) is 5.29. The van der Waals surface area contributed by atoms with Gasteiger partial charge in [0.05, 0.1) is 5.66 Å². The number of nitrogens with one attached hydrogen (secondary N) is 1. The zero-order valence-electron chi connectivity index (χ0n) is 19.8. The van der Waals surface area contributed by atoms with Gasteiger partial charge in [-0.25, -0.2) is 0 Å². The standard InChI is InChI=1S/C24H37F3N4O3/c1-22(34,24(25,26)27)16-6-8-17(9-7-16)30-12-14-31(15-13-30)21(33)19-5-3-2-4-18(19)20(32)29-23(28)10-11-23/h6,8,18-19,21,33-34H,2-5,7,9-15,28H2,1H3,(H,29,32)/t18-,19+,21?,22?/m0/s1. The molecule has 5 N–H and O–H groups in total. The Morgan fingerprint density at radius 1 is 1.15 bits per heavy atom. The first-order chi connectivity index (χ1) is 15.9. The average Bonchev–Trinajstić information content (AvgIpc) is 3.54. The lowest BCUT2D eigenvalue weighted by Gasteiger charge is -2.44. The first-order valence-corrected chi connectivity index (χ1v) is 12.4. The van der Waals surface area contributed by atoms with Crippen LogP contribution in [-0.2, 0) is 4.79 Å². The Balaban J connectivity index is 1.34. The fourth-order valence-corrected chi connectivity index (χ4v) is 5.46. The highest BCUT2D eigenvalue weighted by molar-refractivity contribution is 5.80. The van der Waals surface area contributed by atoms with Gasteiger partial charge >= 0.3 is 6.18 Å². The minimum atomic E-state index is -4.71. The largest absolute Gasteiger partial charge is 0.420 e. The Bertz CT molecular complexity index is 830. The second kappa shape index (κ2) is 9.44. The summed E-state index contributed by atoms with van der Waals surface area (Å²) >= 11 is 0. The van der Waals surface area contributed by atoms with E-state index in [9.17, 15) is 28.2 Å². The van der Waals surface area contributed by atoms with Gasteiger partial charge in [-0.2, -0.15) is 13.2 Å². The molecule has 0 radical (unpaired) electrons. The number of alkyl halides is 3. The number of aliphatic hydroxyl groups is 2. The second-order valence-corrected chi connectivity index (χ2v) is 10.6. The van der Waals surface area contributed by atoms with E-state index in [0.29, 0.717) is 32.6 Å². The lowest BCUT2D eigenvalue weighted by Crippen LogP contribution is -2.56. The van der Waals surface area contributed by atoms with Crippen LogP contribution in [0.25, 0.3) is 0 Å².